The van der Waals surface area contributed by atoms with E-state index in [4.69, 9.17) is 4.74 Å². The van der Waals surface area contributed by atoms with Crippen LogP contribution in [0.1, 0.15) is 39.9 Å². The summed E-state index contributed by atoms with van der Waals surface area (Å²) in [5.41, 5.74) is 0.958. The van der Waals surface area contributed by atoms with Crippen LogP contribution < -0.4 is 4.74 Å². The van der Waals surface area contributed by atoms with E-state index in [1.54, 1.807) is 28.9 Å². The third-order valence-electron chi connectivity index (χ3n) is 5.36. The minimum Gasteiger partial charge on any atom is -0.493 e. The Labute approximate surface area is 176 Å². The van der Waals surface area contributed by atoms with Gasteiger partial charge < -0.3 is 14.2 Å². The van der Waals surface area contributed by atoms with Crippen molar-refractivity contribution in [1.82, 2.24) is 24.6 Å². The molecule has 1 fully saturated rings. The van der Waals surface area contributed by atoms with E-state index in [9.17, 15) is 18.0 Å². The van der Waals surface area contributed by atoms with Gasteiger partial charge in [-0.2, -0.15) is 18.3 Å². The number of nitrogens with one attached hydrogen (secondary N) is 1. The molecule has 4 rings (SSSR count). The van der Waals surface area contributed by atoms with Gasteiger partial charge in [-0.1, -0.05) is 6.07 Å². The van der Waals surface area contributed by atoms with Crippen LogP contribution in [0.2, 0.25) is 0 Å². The zero-order chi connectivity index (χ0) is 22.0. The molecule has 1 saturated heterocycles. The van der Waals surface area contributed by atoms with Crippen LogP contribution in [0.25, 0.3) is 0 Å². The number of alkyl halides is 3. The number of carbonyl (C=O) groups is 1. The fourth-order valence-corrected chi connectivity index (χ4v) is 3.66. The molecule has 31 heavy (non-hydrogen) atoms. The van der Waals surface area contributed by atoms with Crippen LogP contribution in [0, 0.1) is 0 Å². The molecule has 1 aromatic carbocycles. The van der Waals surface area contributed by atoms with Gasteiger partial charge in [0.1, 0.15) is 5.75 Å². The molecular weight excluding hydrogens is 411 g/mol. The first kappa shape index (κ1) is 21.0. The summed E-state index contributed by atoms with van der Waals surface area (Å²) in [6, 6.07) is 6.75. The Hall–Kier alpha value is -3.30. The molecule has 3 aromatic rings. The summed E-state index contributed by atoms with van der Waals surface area (Å²) in [7, 11) is 1.79. The summed E-state index contributed by atoms with van der Waals surface area (Å²) >= 11 is 0. The zero-order valence-corrected chi connectivity index (χ0v) is 16.9. The van der Waals surface area contributed by atoms with Gasteiger partial charge in [-0.3, -0.25) is 9.89 Å². The second-order valence-corrected chi connectivity index (χ2v) is 7.54. The van der Waals surface area contributed by atoms with Crippen molar-refractivity contribution in [2.75, 3.05) is 19.7 Å². The van der Waals surface area contributed by atoms with E-state index in [1.165, 1.54) is 12.1 Å². The number of aromatic nitrogens is 4. The number of halogens is 3. The van der Waals surface area contributed by atoms with Crippen LogP contribution in [0.15, 0.2) is 42.7 Å². The van der Waals surface area contributed by atoms with E-state index in [-0.39, 0.29) is 24.2 Å². The monoisotopic (exact) mass is 433 g/mol. The van der Waals surface area contributed by atoms with Crippen molar-refractivity contribution in [2.45, 2.75) is 24.9 Å². The number of likely N-dealkylation sites (tertiary alicyclic amines) is 1. The summed E-state index contributed by atoms with van der Waals surface area (Å²) in [4.78, 5) is 18.5. The lowest BCUT2D eigenvalue weighted by molar-refractivity contribution is -0.137. The molecule has 0 bridgehead atoms. The highest BCUT2D eigenvalue weighted by molar-refractivity contribution is 5.91. The highest BCUT2D eigenvalue weighted by Crippen LogP contribution is 2.31. The Morgan fingerprint density at radius 3 is 2.90 bits per heavy atom. The average Bonchev–Trinajstić information content (AvgIpc) is 3.47. The quantitative estimate of drug-likeness (QED) is 0.647. The Kier molecular flexibility index (Phi) is 5.71. The number of hydrogen-bond donors (Lipinski definition) is 1. The molecule has 0 unspecified atom stereocenters. The molecule has 0 aliphatic carbocycles. The second kappa shape index (κ2) is 8.44. The summed E-state index contributed by atoms with van der Waals surface area (Å²) in [6.45, 7) is 1.42. The Morgan fingerprint density at radius 2 is 2.16 bits per heavy atom. The maximum Gasteiger partial charge on any atom is 0.416 e. The second-order valence-electron chi connectivity index (χ2n) is 7.54. The molecular formula is C21H22F3N5O2. The normalized spacial score (nSPS) is 16.6. The highest BCUT2D eigenvalue weighted by atomic mass is 19.4. The molecule has 2 aromatic heterocycles. The molecule has 0 saturated carbocycles. The molecule has 7 nitrogen and oxygen atoms in total. The van der Waals surface area contributed by atoms with E-state index in [2.05, 4.69) is 15.2 Å². The number of ether oxygens (including phenoxy) is 1. The predicted molar refractivity (Wildman–Crippen MR) is 106 cm³/mol. The first-order valence-electron chi connectivity index (χ1n) is 9.92. The SMILES string of the molecule is Cn1ccnc1C(=O)N1CC[C@@H](c2cc(CCOc3cccc(C(F)(F)F)c3)[nH]n2)C1. The summed E-state index contributed by atoms with van der Waals surface area (Å²) in [5, 5.41) is 7.31. The van der Waals surface area contributed by atoms with Crippen LogP contribution in [0.3, 0.4) is 0 Å². The fourth-order valence-electron chi connectivity index (χ4n) is 3.66. The fraction of sp³-hybridized carbons (Fsp3) is 0.381. The van der Waals surface area contributed by atoms with Crippen molar-refractivity contribution in [2.24, 2.45) is 7.05 Å². The van der Waals surface area contributed by atoms with Gasteiger partial charge in [0.05, 0.1) is 17.9 Å². The van der Waals surface area contributed by atoms with Gasteiger partial charge in [-0.05, 0) is 30.7 Å². The van der Waals surface area contributed by atoms with Crippen molar-refractivity contribution in [3.8, 4) is 5.75 Å². The number of aromatic amines is 1. The van der Waals surface area contributed by atoms with Gasteiger partial charge in [-0.15, -0.1) is 0 Å². The molecule has 3 heterocycles. The van der Waals surface area contributed by atoms with Gasteiger partial charge in [0.15, 0.2) is 5.82 Å². The van der Waals surface area contributed by atoms with Crippen molar-refractivity contribution in [3.05, 3.63) is 65.5 Å². The van der Waals surface area contributed by atoms with Crippen molar-refractivity contribution in [3.63, 3.8) is 0 Å². The molecule has 164 valence electrons. The smallest absolute Gasteiger partial charge is 0.416 e. The Balaban J connectivity index is 1.30. The maximum atomic E-state index is 12.8. The van der Waals surface area contributed by atoms with E-state index in [1.807, 2.05) is 6.07 Å². The molecule has 0 radical (unpaired) electrons. The van der Waals surface area contributed by atoms with Gasteiger partial charge >= 0.3 is 6.18 Å². The minimum absolute atomic E-state index is 0.0970. The summed E-state index contributed by atoms with van der Waals surface area (Å²) in [5.74, 6) is 0.614. The lowest BCUT2D eigenvalue weighted by Crippen LogP contribution is -2.30. The molecule has 0 spiro atoms. The van der Waals surface area contributed by atoms with E-state index in [0.717, 1.165) is 29.9 Å². The van der Waals surface area contributed by atoms with Crippen LogP contribution >= 0.6 is 0 Å². The molecule has 1 amide bonds. The van der Waals surface area contributed by atoms with Crippen LogP contribution in [0.5, 0.6) is 5.75 Å². The number of benzene rings is 1. The number of amides is 1. The largest absolute Gasteiger partial charge is 0.493 e. The molecule has 1 N–H and O–H groups in total. The van der Waals surface area contributed by atoms with Crippen LogP contribution in [0.4, 0.5) is 13.2 Å². The number of rotatable bonds is 6. The highest BCUT2D eigenvalue weighted by Gasteiger charge is 2.31. The van der Waals surface area contributed by atoms with Crippen molar-refractivity contribution < 1.29 is 22.7 Å². The number of nitrogens with zero attached hydrogens (tertiary/aromatic N) is 4. The average molecular weight is 433 g/mol. The molecule has 1 aliphatic rings. The maximum absolute atomic E-state index is 12.8. The first-order valence-corrected chi connectivity index (χ1v) is 9.92. The predicted octanol–water partition coefficient (Wildman–Crippen LogP) is 3.41. The van der Waals surface area contributed by atoms with Gasteiger partial charge in [0.25, 0.3) is 5.91 Å². The minimum atomic E-state index is -4.40. The van der Waals surface area contributed by atoms with E-state index < -0.39 is 11.7 Å². The number of imidazole rings is 1. The molecule has 1 aliphatic heterocycles. The van der Waals surface area contributed by atoms with Crippen LogP contribution in [-0.2, 0) is 19.6 Å². The molecule has 1 atom stereocenters. The first-order chi connectivity index (χ1) is 14.8. The Bertz CT molecular complexity index is 1060. The lowest BCUT2D eigenvalue weighted by Gasteiger charge is -2.15. The zero-order valence-electron chi connectivity index (χ0n) is 16.9. The number of hydrogen-bond acceptors (Lipinski definition) is 4. The number of H-pyrrole nitrogens is 1. The summed E-state index contributed by atoms with van der Waals surface area (Å²) in [6.07, 6.45) is 0.224. The third-order valence-corrected chi connectivity index (χ3v) is 5.36. The Morgan fingerprint density at radius 1 is 1.32 bits per heavy atom. The lowest BCUT2D eigenvalue weighted by atomic mass is 10.0. The summed E-state index contributed by atoms with van der Waals surface area (Å²) < 4.78 is 45.5. The topological polar surface area (TPSA) is 76.0 Å². The van der Waals surface area contributed by atoms with Gasteiger partial charge in [0, 0.05) is 50.6 Å². The van der Waals surface area contributed by atoms with Crippen molar-refractivity contribution >= 4 is 5.91 Å². The van der Waals surface area contributed by atoms with Gasteiger partial charge in [-0.25, -0.2) is 4.98 Å². The van der Waals surface area contributed by atoms with Crippen LogP contribution in [-0.4, -0.2) is 50.3 Å². The van der Waals surface area contributed by atoms with Gasteiger partial charge in [0.2, 0.25) is 0 Å². The van der Waals surface area contributed by atoms with E-state index in [0.29, 0.717) is 25.3 Å². The standard InChI is InChI=1S/C21H22F3N5O2/c1-28-9-7-25-19(28)20(30)29-8-5-14(13-29)18-12-16(26-27-18)6-10-31-17-4-2-3-15(11-17)21(22,23)24/h2-4,7,9,11-12,14H,5-6,8,10,13H2,1H3,(H,26,27)/t14-/m1/s1. The molecule has 10 heteroatoms. The van der Waals surface area contributed by atoms with Crippen molar-refractivity contribution in [1.29, 1.82) is 0 Å². The number of aryl methyl sites for hydroxylation is 1. The third kappa shape index (κ3) is 4.73. The van der Waals surface area contributed by atoms with E-state index >= 15 is 0 Å². The number of carbonyl (C=O) groups excluding carboxylic acids is 1.